The van der Waals surface area contributed by atoms with E-state index in [-0.39, 0.29) is 22.8 Å². The number of carbonyl (C=O) groups excluding carboxylic acids is 3. The molecule has 0 aliphatic heterocycles. The lowest BCUT2D eigenvalue weighted by Crippen LogP contribution is -2.24. The summed E-state index contributed by atoms with van der Waals surface area (Å²) in [4.78, 5) is 35.7. The monoisotopic (exact) mass is 404 g/mol. The molecule has 0 saturated carbocycles. The molecule has 0 radical (unpaired) electrons. The number of esters is 1. The lowest BCUT2D eigenvalue weighted by atomic mass is 10.1. The second-order valence-electron chi connectivity index (χ2n) is 5.76. The molecule has 0 fully saturated rings. The summed E-state index contributed by atoms with van der Waals surface area (Å²) in [5.41, 5.74) is 0.647. The first-order valence-electron chi connectivity index (χ1n) is 8.41. The third-order valence-corrected chi connectivity index (χ3v) is 5.17. The van der Waals surface area contributed by atoms with Gasteiger partial charge >= 0.3 is 5.97 Å². The predicted octanol–water partition coefficient (Wildman–Crippen LogP) is 1.98. The lowest BCUT2D eigenvalue weighted by molar-refractivity contribution is -0.119. The van der Waals surface area contributed by atoms with Crippen molar-refractivity contribution in [3.63, 3.8) is 0 Å². The van der Waals surface area contributed by atoms with E-state index in [0.29, 0.717) is 11.3 Å². The van der Waals surface area contributed by atoms with Crippen molar-refractivity contribution in [3.8, 4) is 0 Å². The average molecular weight is 404 g/mol. The molecule has 0 heterocycles. The number of nitrogens with one attached hydrogen (secondary N) is 2. The van der Waals surface area contributed by atoms with E-state index in [4.69, 9.17) is 4.74 Å². The molecular formula is C19H20N2O6S. The third kappa shape index (κ3) is 5.48. The summed E-state index contributed by atoms with van der Waals surface area (Å²) in [6.45, 7) is 2.63. The van der Waals surface area contributed by atoms with Gasteiger partial charge in [0.2, 0.25) is 10.0 Å². The fourth-order valence-electron chi connectivity index (χ4n) is 2.36. The molecule has 2 aromatic carbocycles. The zero-order valence-corrected chi connectivity index (χ0v) is 16.2. The van der Waals surface area contributed by atoms with Crippen LogP contribution in [0.5, 0.6) is 0 Å². The van der Waals surface area contributed by atoms with Gasteiger partial charge in [-0.1, -0.05) is 25.1 Å². The molecule has 0 spiro atoms. The van der Waals surface area contributed by atoms with Crippen LogP contribution in [0.2, 0.25) is 0 Å². The summed E-state index contributed by atoms with van der Waals surface area (Å²) >= 11 is 0. The van der Waals surface area contributed by atoms with Gasteiger partial charge in [0, 0.05) is 12.1 Å². The molecule has 0 aromatic heterocycles. The number of sulfonamides is 1. The Hall–Kier alpha value is -3.04. The van der Waals surface area contributed by atoms with E-state index in [1.54, 1.807) is 31.2 Å². The maximum absolute atomic E-state index is 12.1. The average Bonchev–Trinajstić information content (AvgIpc) is 2.66. The first-order chi connectivity index (χ1) is 13.2. The number of hydrogen-bond donors (Lipinski definition) is 2. The zero-order chi connectivity index (χ0) is 20.7. The van der Waals surface area contributed by atoms with Crippen molar-refractivity contribution >= 4 is 33.4 Å². The molecule has 1 amide bonds. The van der Waals surface area contributed by atoms with Crippen LogP contribution in [-0.2, 0) is 19.6 Å². The van der Waals surface area contributed by atoms with E-state index in [9.17, 15) is 22.8 Å². The van der Waals surface area contributed by atoms with Crippen LogP contribution in [0.1, 0.15) is 34.6 Å². The highest BCUT2D eigenvalue weighted by Gasteiger charge is 2.17. The normalized spacial score (nSPS) is 10.9. The Labute approximate surface area is 163 Å². The number of amides is 1. The maximum atomic E-state index is 12.1. The topological polar surface area (TPSA) is 119 Å². The molecule has 0 aliphatic carbocycles. The van der Waals surface area contributed by atoms with E-state index in [1.165, 1.54) is 31.2 Å². The van der Waals surface area contributed by atoms with E-state index < -0.39 is 28.5 Å². The van der Waals surface area contributed by atoms with E-state index in [2.05, 4.69) is 10.0 Å². The smallest absolute Gasteiger partial charge is 0.338 e. The Morgan fingerprint density at radius 3 is 2.43 bits per heavy atom. The minimum Gasteiger partial charge on any atom is -0.452 e. The molecule has 0 aliphatic rings. The number of anilines is 1. The number of hydrogen-bond acceptors (Lipinski definition) is 6. The van der Waals surface area contributed by atoms with Gasteiger partial charge in [-0.15, -0.1) is 0 Å². The number of carbonyl (C=O) groups is 3. The third-order valence-electron chi connectivity index (χ3n) is 3.63. The number of ketones is 1. The maximum Gasteiger partial charge on any atom is 0.338 e. The highest BCUT2D eigenvalue weighted by molar-refractivity contribution is 7.89. The number of rotatable bonds is 8. The van der Waals surface area contributed by atoms with Crippen molar-refractivity contribution in [2.75, 3.05) is 18.5 Å². The Bertz CT molecular complexity index is 1000. The van der Waals surface area contributed by atoms with Crippen LogP contribution in [0.3, 0.4) is 0 Å². The summed E-state index contributed by atoms with van der Waals surface area (Å²) in [5.74, 6) is -1.69. The van der Waals surface area contributed by atoms with Crippen molar-refractivity contribution < 1.29 is 27.5 Å². The van der Waals surface area contributed by atoms with Crippen LogP contribution in [0.25, 0.3) is 0 Å². The second-order valence-corrected chi connectivity index (χ2v) is 7.52. The van der Waals surface area contributed by atoms with E-state index in [1.807, 2.05) is 0 Å². The predicted molar refractivity (Wildman–Crippen MR) is 103 cm³/mol. The van der Waals surface area contributed by atoms with Crippen molar-refractivity contribution in [1.82, 2.24) is 4.72 Å². The molecule has 0 bridgehead atoms. The van der Waals surface area contributed by atoms with Gasteiger partial charge in [0.05, 0.1) is 16.1 Å². The highest BCUT2D eigenvalue weighted by atomic mass is 32.2. The summed E-state index contributed by atoms with van der Waals surface area (Å²) < 4.78 is 31.3. The van der Waals surface area contributed by atoms with E-state index in [0.717, 1.165) is 0 Å². The van der Waals surface area contributed by atoms with Gasteiger partial charge in [-0.3, -0.25) is 9.59 Å². The van der Waals surface area contributed by atoms with Gasteiger partial charge in [0.15, 0.2) is 12.4 Å². The molecule has 9 heteroatoms. The molecule has 148 valence electrons. The minimum absolute atomic E-state index is 0.00378. The van der Waals surface area contributed by atoms with Crippen molar-refractivity contribution in [1.29, 1.82) is 0 Å². The van der Waals surface area contributed by atoms with Crippen molar-refractivity contribution in [2.45, 2.75) is 18.7 Å². The van der Waals surface area contributed by atoms with Crippen molar-refractivity contribution in [3.05, 3.63) is 59.7 Å². The van der Waals surface area contributed by atoms with Crippen LogP contribution < -0.4 is 10.0 Å². The summed E-state index contributed by atoms with van der Waals surface area (Å²) in [7, 11) is -3.72. The molecule has 2 N–H and O–H groups in total. The number of para-hydroxylation sites is 1. The van der Waals surface area contributed by atoms with Crippen LogP contribution in [0.15, 0.2) is 53.4 Å². The van der Waals surface area contributed by atoms with E-state index >= 15 is 0 Å². The largest absolute Gasteiger partial charge is 0.452 e. The second kappa shape index (κ2) is 9.25. The van der Waals surface area contributed by atoms with Gasteiger partial charge in [0.1, 0.15) is 0 Å². The van der Waals surface area contributed by atoms with Crippen LogP contribution in [0.4, 0.5) is 5.69 Å². The Kier molecular flexibility index (Phi) is 7.02. The lowest BCUT2D eigenvalue weighted by Gasteiger charge is -2.10. The van der Waals surface area contributed by atoms with Gasteiger partial charge in [0.25, 0.3) is 5.91 Å². The number of benzene rings is 2. The van der Waals surface area contributed by atoms with Crippen LogP contribution in [0, 0.1) is 0 Å². The van der Waals surface area contributed by atoms with Gasteiger partial charge in [-0.25, -0.2) is 17.9 Å². The number of Topliss-reactive ketones (excluding diaryl/α,β-unsaturated/α-hetero) is 1. The van der Waals surface area contributed by atoms with Gasteiger partial charge in [-0.2, -0.15) is 0 Å². The molecule has 8 nitrogen and oxygen atoms in total. The summed E-state index contributed by atoms with van der Waals surface area (Å²) in [6, 6.07) is 11.8. The van der Waals surface area contributed by atoms with Crippen molar-refractivity contribution in [2.24, 2.45) is 0 Å². The molecule has 0 unspecified atom stereocenters. The first kappa shape index (κ1) is 21.3. The van der Waals surface area contributed by atoms with Gasteiger partial charge < -0.3 is 10.1 Å². The Balaban J connectivity index is 2.03. The standard InChI is InChI=1S/C19H20N2O6S/c1-3-20-28(25,26)15-8-6-7-14(11-15)19(24)27-12-18(23)21-17-10-5-4-9-16(17)13(2)22/h4-11,20H,3,12H2,1-2H3,(H,21,23). The molecular weight excluding hydrogens is 384 g/mol. The molecule has 0 saturated heterocycles. The molecule has 2 aromatic rings. The summed E-state index contributed by atoms with van der Waals surface area (Å²) in [5, 5.41) is 2.51. The van der Waals surface area contributed by atoms with Gasteiger partial charge in [-0.05, 0) is 37.3 Å². The SMILES string of the molecule is CCNS(=O)(=O)c1cccc(C(=O)OCC(=O)Nc2ccccc2C(C)=O)c1. The Morgan fingerprint density at radius 2 is 1.75 bits per heavy atom. The van der Waals surface area contributed by atoms with Crippen LogP contribution in [-0.4, -0.2) is 39.2 Å². The summed E-state index contributed by atoms with van der Waals surface area (Å²) in [6.07, 6.45) is 0. The molecule has 28 heavy (non-hydrogen) atoms. The Morgan fingerprint density at radius 1 is 1.04 bits per heavy atom. The highest BCUT2D eigenvalue weighted by Crippen LogP contribution is 2.16. The van der Waals surface area contributed by atoms with Crippen LogP contribution >= 0.6 is 0 Å². The quantitative estimate of drug-likeness (QED) is 0.513. The molecule has 2 rings (SSSR count). The fourth-order valence-corrected chi connectivity index (χ4v) is 3.45. The fraction of sp³-hybridized carbons (Fsp3) is 0.211. The molecule has 0 atom stereocenters. The zero-order valence-electron chi connectivity index (χ0n) is 15.4. The first-order valence-corrected chi connectivity index (χ1v) is 9.89. The number of ether oxygens (including phenoxy) is 1. The minimum atomic E-state index is -3.72.